The van der Waals surface area contributed by atoms with Crippen LogP contribution in [0.2, 0.25) is 5.02 Å². The third kappa shape index (κ3) is 4.80. The predicted molar refractivity (Wildman–Crippen MR) is 98.3 cm³/mol. The molecule has 1 amide bonds. The van der Waals surface area contributed by atoms with E-state index in [2.05, 4.69) is 5.32 Å². The highest BCUT2D eigenvalue weighted by Gasteiger charge is 2.16. The number of rotatable bonds is 5. The molecule has 25 heavy (non-hydrogen) atoms. The van der Waals surface area contributed by atoms with E-state index in [0.717, 1.165) is 12.0 Å². The van der Waals surface area contributed by atoms with Gasteiger partial charge in [0.05, 0.1) is 29.7 Å². The van der Waals surface area contributed by atoms with Crippen LogP contribution in [0, 0.1) is 5.82 Å². The first-order valence-electron chi connectivity index (χ1n) is 7.83. The van der Waals surface area contributed by atoms with Crippen molar-refractivity contribution in [1.29, 1.82) is 0 Å². The van der Waals surface area contributed by atoms with Crippen molar-refractivity contribution in [2.45, 2.75) is 12.2 Å². The summed E-state index contributed by atoms with van der Waals surface area (Å²) in [5, 5.41) is 3.07. The molecule has 1 aliphatic rings. The SMILES string of the molecule is O=C(CSCc1cc(Cl)c2c(c1)OCCCO2)Nc1ccccc1F. The van der Waals surface area contributed by atoms with Crippen LogP contribution in [0.25, 0.3) is 0 Å². The highest BCUT2D eigenvalue weighted by atomic mass is 35.5. The van der Waals surface area contributed by atoms with E-state index in [0.29, 0.717) is 35.5 Å². The van der Waals surface area contributed by atoms with Crippen LogP contribution < -0.4 is 14.8 Å². The normalized spacial score (nSPS) is 13.2. The van der Waals surface area contributed by atoms with E-state index in [1.54, 1.807) is 12.1 Å². The summed E-state index contributed by atoms with van der Waals surface area (Å²) in [7, 11) is 0. The Morgan fingerprint density at radius 1 is 1.24 bits per heavy atom. The number of para-hydroxylation sites is 1. The Bertz CT molecular complexity index is 772. The number of carbonyl (C=O) groups is 1. The fraction of sp³-hybridized carbons (Fsp3) is 0.278. The predicted octanol–water partition coefficient (Wildman–Crippen LogP) is 4.51. The van der Waals surface area contributed by atoms with Gasteiger partial charge in [-0.25, -0.2) is 4.39 Å². The molecular formula is C18H17ClFNO3S. The van der Waals surface area contributed by atoms with Crippen molar-refractivity contribution in [2.24, 2.45) is 0 Å². The van der Waals surface area contributed by atoms with Gasteiger partial charge in [-0.05, 0) is 29.8 Å². The summed E-state index contributed by atoms with van der Waals surface area (Å²) < 4.78 is 24.8. The number of hydrogen-bond acceptors (Lipinski definition) is 4. The maximum absolute atomic E-state index is 13.5. The third-order valence-electron chi connectivity index (χ3n) is 3.51. The second-order valence-corrected chi connectivity index (χ2v) is 6.87. The van der Waals surface area contributed by atoms with Gasteiger partial charge in [0.1, 0.15) is 5.82 Å². The van der Waals surface area contributed by atoms with Gasteiger partial charge in [-0.15, -0.1) is 11.8 Å². The molecule has 2 aromatic rings. The summed E-state index contributed by atoms with van der Waals surface area (Å²) in [6.45, 7) is 1.17. The Morgan fingerprint density at radius 2 is 2.04 bits per heavy atom. The van der Waals surface area contributed by atoms with Crippen LogP contribution in [0.15, 0.2) is 36.4 Å². The zero-order valence-corrected chi connectivity index (χ0v) is 15.0. The lowest BCUT2D eigenvalue weighted by Crippen LogP contribution is -2.15. The van der Waals surface area contributed by atoms with Crippen molar-refractivity contribution >= 4 is 35.0 Å². The number of carbonyl (C=O) groups excluding carboxylic acids is 1. The molecule has 2 aromatic carbocycles. The number of thioether (sulfide) groups is 1. The standard InChI is InChI=1S/C18H17ClFNO3S/c19-13-8-12(9-16-18(13)24-7-3-6-23-16)10-25-11-17(22)21-15-5-2-1-4-14(15)20/h1-2,4-5,8-9H,3,6-7,10-11H2,(H,21,22). The first kappa shape index (κ1) is 17.9. The van der Waals surface area contributed by atoms with Crippen molar-refractivity contribution in [3.05, 3.63) is 52.8 Å². The Kier molecular flexibility index (Phi) is 6.04. The largest absolute Gasteiger partial charge is 0.489 e. The molecule has 7 heteroatoms. The van der Waals surface area contributed by atoms with E-state index < -0.39 is 5.82 Å². The number of anilines is 1. The number of amides is 1. The molecule has 0 saturated carbocycles. The molecule has 0 radical (unpaired) electrons. The van der Waals surface area contributed by atoms with Gasteiger partial charge in [0.15, 0.2) is 11.5 Å². The molecule has 132 valence electrons. The van der Waals surface area contributed by atoms with Gasteiger partial charge in [-0.2, -0.15) is 0 Å². The molecule has 0 aliphatic carbocycles. The zero-order valence-electron chi connectivity index (χ0n) is 13.4. The fourth-order valence-electron chi connectivity index (χ4n) is 2.38. The Balaban J connectivity index is 1.55. The van der Waals surface area contributed by atoms with Crippen LogP contribution in [-0.2, 0) is 10.5 Å². The minimum absolute atomic E-state index is 0.187. The maximum atomic E-state index is 13.5. The number of benzene rings is 2. The lowest BCUT2D eigenvalue weighted by atomic mass is 10.2. The van der Waals surface area contributed by atoms with Crippen LogP contribution in [0.1, 0.15) is 12.0 Å². The number of fused-ring (bicyclic) bond motifs is 1. The lowest BCUT2D eigenvalue weighted by molar-refractivity contribution is -0.113. The Morgan fingerprint density at radius 3 is 2.88 bits per heavy atom. The second-order valence-electron chi connectivity index (χ2n) is 5.48. The number of halogens is 2. The van der Waals surface area contributed by atoms with Crippen molar-refractivity contribution in [3.8, 4) is 11.5 Å². The lowest BCUT2D eigenvalue weighted by Gasteiger charge is -2.11. The van der Waals surface area contributed by atoms with Gasteiger partial charge >= 0.3 is 0 Å². The topological polar surface area (TPSA) is 47.6 Å². The third-order valence-corrected chi connectivity index (χ3v) is 4.80. The fourth-order valence-corrected chi connectivity index (χ4v) is 3.43. The summed E-state index contributed by atoms with van der Waals surface area (Å²) in [6, 6.07) is 9.79. The molecule has 0 saturated heterocycles. The van der Waals surface area contributed by atoms with E-state index in [1.165, 1.54) is 23.9 Å². The first-order chi connectivity index (χ1) is 12.1. The van der Waals surface area contributed by atoms with Crippen LogP contribution in [0.5, 0.6) is 11.5 Å². The van der Waals surface area contributed by atoms with Crippen molar-refractivity contribution in [3.63, 3.8) is 0 Å². The summed E-state index contributed by atoms with van der Waals surface area (Å²) in [5.41, 5.74) is 1.13. The Labute approximate surface area is 154 Å². The molecule has 1 N–H and O–H groups in total. The molecule has 0 spiro atoms. The number of ether oxygens (including phenoxy) is 2. The van der Waals surface area contributed by atoms with Gasteiger partial charge in [0.2, 0.25) is 5.91 Å². The summed E-state index contributed by atoms with van der Waals surface area (Å²) in [6.07, 6.45) is 0.811. The molecule has 1 aliphatic heterocycles. The monoisotopic (exact) mass is 381 g/mol. The van der Waals surface area contributed by atoms with E-state index >= 15 is 0 Å². The Hall–Kier alpha value is -1.92. The maximum Gasteiger partial charge on any atom is 0.234 e. The molecule has 0 fully saturated rings. The average Bonchev–Trinajstić information content (AvgIpc) is 2.83. The average molecular weight is 382 g/mol. The molecular weight excluding hydrogens is 365 g/mol. The van der Waals surface area contributed by atoms with Gasteiger partial charge in [0, 0.05) is 12.2 Å². The van der Waals surface area contributed by atoms with Crippen LogP contribution in [-0.4, -0.2) is 24.9 Å². The number of nitrogens with one attached hydrogen (secondary N) is 1. The van der Waals surface area contributed by atoms with Gasteiger partial charge in [0.25, 0.3) is 0 Å². The van der Waals surface area contributed by atoms with Crippen LogP contribution in [0.3, 0.4) is 0 Å². The van der Waals surface area contributed by atoms with E-state index in [4.69, 9.17) is 21.1 Å². The zero-order chi connectivity index (χ0) is 17.6. The molecule has 0 aromatic heterocycles. The van der Waals surface area contributed by atoms with Gasteiger partial charge in [-0.3, -0.25) is 4.79 Å². The van der Waals surface area contributed by atoms with Crippen molar-refractivity contribution < 1.29 is 18.7 Å². The van der Waals surface area contributed by atoms with Crippen LogP contribution >= 0.6 is 23.4 Å². The molecule has 3 rings (SSSR count). The van der Waals surface area contributed by atoms with E-state index in [9.17, 15) is 9.18 Å². The first-order valence-corrected chi connectivity index (χ1v) is 9.37. The molecule has 4 nitrogen and oxygen atoms in total. The van der Waals surface area contributed by atoms with E-state index in [1.807, 2.05) is 12.1 Å². The highest BCUT2D eigenvalue weighted by molar-refractivity contribution is 7.99. The quantitative estimate of drug-likeness (QED) is 0.827. The van der Waals surface area contributed by atoms with E-state index in [-0.39, 0.29) is 17.3 Å². The molecule has 0 atom stereocenters. The summed E-state index contributed by atoms with van der Waals surface area (Å²) in [5.74, 6) is 1.30. The van der Waals surface area contributed by atoms with Gasteiger partial charge < -0.3 is 14.8 Å². The van der Waals surface area contributed by atoms with Crippen molar-refractivity contribution in [2.75, 3.05) is 24.3 Å². The highest BCUT2D eigenvalue weighted by Crippen LogP contribution is 2.38. The smallest absolute Gasteiger partial charge is 0.234 e. The molecule has 0 bridgehead atoms. The molecule has 1 heterocycles. The number of hydrogen-bond donors (Lipinski definition) is 1. The summed E-state index contributed by atoms with van der Waals surface area (Å²) in [4.78, 5) is 11.9. The minimum Gasteiger partial charge on any atom is -0.489 e. The summed E-state index contributed by atoms with van der Waals surface area (Å²) >= 11 is 7.67. The van der Waals surface area contributed by atoms with Gasteiger partial charge in [-0.1, -0.05) is 23.7 Å². The second kappa shape index (κ2) is 8.45. The molecule has 0 unspecified atom stereocenters. The minimum atomic E-state index is -0.449. The van der Waals surface area contributed by atoms with Crippen molar-refractivity contribution in [1.82, 2.24) is 0 Å². The van der Waals surface area contributed by atoms with Crippen LogP contribution in [0.4, 0.5) is 10.1 Å².